The van der Waals surface area contributed by atoms with Crippen LogP contribution in [-0.4, -0.2) is 31.4 Å². The molecular formula is C32H50N2O3. The van der Waals surface area contributed by atoms with E-state index in [0.29, 0.717) is 41.4 Å². The summed E-state index contributed by atoms with van der Waals surface area (Å²) >= 11 is 0. The lowest BCUT2D eigenvalue weighted by Gasteiger charge is -2.63. The van der Waals surface area contributed by atoms with E-state index in [-0.39, 0.29) is 28.3 Å². The second-order valence-electron chi connectivity index (χ2n) is 15.0. The molecule has 5 heteroatoms. The number of nitrogens with zero attached hydrogens (tertiary/aromatic N) is 2. The fourth-order valence-electron chi connectivity index (χ4n) is 10.4. The molecule has 0 spiro atoms. The van der Waals surface area contributed by atoms with Gasteiger partial charge in [-0.25, -0.2) is 0 Å². The number of azo groups is 1. The molecule has 5 aliphatic rings. The van der Waals surface area contributed by atoms with Crippen LogP contribution >= 0.6 is 0 Å². The Kier molecular flexibility index (Phi) is 6.40. The molecule has 37 heavy (non-hydrogen) atoms. The fourth-order valence-corrected chi connectivity index (χ4v) is 10.4. The van der Waals surface area contributed by atoms with Gasteiger partial charge in [0.1, 0.15) is 11.2 Å². The number of carbonyl (C=O) groups excluding carboxylic acids is 2. The number of ether oxygens (including phenoxy) is 1. The largest absolute Gasteiger partial charge is 0.468 e. The number of ketones is 1. The zero-order valence-electron chi connectivity index (χ0n) is 24.7. The Morgan fingerprint density at radius 2 is 1.84 bits per heavy atom. The van der Waals surface area contributed by atoms with Crippen molar-refractivity contribution in [2.75, 3.05) is 13.7 Å². The Hall–Kier alpha value is -1.52. The average Bonchev–Trinajstić information content (AvgIpc) is 3.37. The molecule has 0 radical (unpaired) electrons. The van der Waals surface area contributed by atoms with E-state index in [1.807, 2.05) is 6.92 Å². The van der Waals surface area contributed by atoms with E-state index in [0.717, 1.165) is 32.1 Å². The summed E-state index contributed by atoms with van der Waals surface area (Å²) < 4.78 is 5.10. The Morgan fingerprint density at radius 3 is 2.54 bits per heavy atom. The quantitative estimate of drug-likeness (QED) is 0.283. The first-order chi connectivity index (χ1) is 17.3. The minimum absolute atomic E-state index is 0.0750. The van der Waals surface area contributed by atoms with Crippen molar-refractivity contribution < 1.29 is 14.3 Å². The lowest BCUT2D eigenvalue weighted by atomic mass is 9.41. The Morgan fingerprint density at radius 1 is 1.11 bits per heavy atom. The highest BCUT2D eigenvalue weighted by atomic mass is 16.5. The van der Waals surface area contributed by atoms with Crippen LogP contribution < -0.4 is 0 Å². The van der Waals surface area contributed by atoms with Crippen LogP contribution in [0.1, 0.15) is 106 Å². The lowest BCUT2D eigenvalue weighted by Crippen LogP contribution is -2.57. The van der Waals surface area contributed by atoms with Gasteiger partial charge >= 0.3 is 5.97 Å². The van der Waals surface area contributed by atoms with Crippen molar-refractivity contribution in [3.63, 3.8) is 0 Å². The molecular weight excluding hydrogens is 460 g/mol. The topological polar surface area (TPSA) is 68.1 Å². The molecule has 0 amide bonds. The van der Waals surface area contributed by atoms with Crippen LogP contribution in [0.2, 0.25) is 0 Å². The zero-order valence-corrected chi connectivity index (χ0v) is 24.7. The molecule has 5 rings (SSSR count). The van der Waals surface area contributed by atoms with Crippen molar-refractivity contribution in [3.8, 4) is 0 Å². The molecule has 4 aliphatic carbocycles. The fraction of sp³-hybridized carbons (Fsp3) is 0.875. The number of methoxy groups -OCH3 is 1. The second-order valence-corrected chi connectivity index (χ2v) is 15.0. The molecule has 0 aromatic heterocycles. The molecule has 0 aromatic rings. The maximum Gasteiger partial charge on any atom is 0.315 e. The van der Waals surface area contributed by atoms with E-state index < -0.39 is 5.41 Å². The third-order valence-corrected chi connectivity index (χ3v) is 13.2. The van der Waals surface area contributed by atoms with E-state index >= 15 is 0 Å². The molecule has 3 fully saturated rings. The van der Waals surface area contributed by atoms with Crippen molar-refractivity contribution in [2.45, 2.75) is 112 Å². The van der Waals surface area contributed by atoms with E-state index in [1.165, 1.54) is 32.8 Å². The average molecular weight is 511 g/mol. The van der Waals surface area contributed by atoms with Gasteiger partial charge in [0, 0.05) is 11.8 Å². The van der Waals surface area contributed by atoms with Gasteiger partial charge in [0.15, 0.2) is 0 Å². The van der Waals surface area contributed by atoms with Crippen LogP contribution in [0.5, 0.6) is 0 Å². The van der Waals surface area contributed by atoms with Crippen LogP contribution in [0.4, 0.5) is 0 Å². The Balaban J connectivity index is 1.35. The minimum atomic E-state index is -0.616. The summed E-state index contributed by atoms with van der Waals surface area (Å²) in [5.41, 5.74) is 1.68. The molecule has 0 unspecified atom stereocenters. The van der Waals surface area contributed by atoms with Crippen molar-refractivity contribution >= 4 is 11.8 Å². The summed E-state index contributed by atoms with van der Waals surface area (Å²) in [7, 11) is 1.47. The lowest BCUT2D eigenvalue weighted by molar-refractivity contribution is -0.151. The maximum absolute atomic E-state index is 12.9. The summed E-state index contributed by atoms with van der Waals surface area (Å²) in [6.45, 7) is 17.0. The number of hydrogen-bond acceptors (Lipinski definition) is 5. The summed E-state index contributed by atoms with van der Waals surface area (Å²) in [4.78, 5) is 25.4. The van der Waals surface area contributed by atoms with Gasteiger partial charge in [-0.2, -0.15) is 10.2 Å². The van der Waals surface area contributed by atoms with E-state index in [9.17, 15) is 9.59 Å². The standard InChI is InChI=1S/C32H50N2O3/c1-20(9-12-25-30(5,19-33-34-25)27(36)37-8)21-13-17-32(7)23-10-11-24-28(2,3)26(35)15-16-29(24,4)22(23)14-18-31(21,32)6/h10,20-22,24-25H,9,11-19H2,1-8H3/t20-,21+,22-,24+,25-,29-,30+,31-,32+/m1/s1. The predicted molar refractivity (Wildman–Crippen MR) is 146 cm³/mol. The molecule has 0 N–H and O–H groups in total. The van der Waals surface area contributed by atoms with Crippen molar-refractivity contribution in [1.82, 2.24) is 0 Å². The SMILES string of the molecule is COC(=O)[C@@]1(C)CN=N[C@@H]1CC[C@@H](C)[C@@H]1CC[C@@]2(C)C3=CC[C@H]4C(C)(C)C(=O)CC[C@]4(C)[C@@H]3CC[C@]12C. The number of carbonyl (C=O) groups is 2. The van der Waals surface area contributed by atoms with Crippen LogP contribution in [0.15, 0.2) is 21.9 Å². The smallest absolute Gasteiger partial charge is 0.315 e. The molecule has 1 heterocycles. The van der Waals surface area contributed by atoms with Gasteiger partial charge in [0.2, 0.25) is 0 Å². The van der Waals surface area contributed by atoms with Gasteiger partial charge in [-0.05, 0) is 98.2 Å². The summed E-state index contributed by atoms with van der Waals surface area (Å²) in [6.07, 6.45) is 12.5. The molecule has 206 valence electrons. The van der Waals surface area contributed by atoms with Crippen molar-refractivity contribution in [3.05, 3.63) is 11.6 Å². The highest BCUT2D eigenvalue weighted by molar-refractivity contribution is 5.85. The summed E-state index contributed by atoms with van der Waals surface area (Å²) in [5, 5.41) is 8.72. The van der Waals surface area contributed by atoms with Gasteiger partial charge in [-0.1, -0.05) is 53.2 Å². The van der Waals surface area contributed by atoms with Gasteiger partial charge in [-0.15, -0.1) is 0 Å². The van der Waals surface area contributed by atoms with Gasteiger partial charge in [0.25, 0.3) is 0 Å². The van der Waals surface area contributed by atoms with E-state index in [1.54, 1.807) is 5.57 Å². The summed E-state index contributed by atoms with van der Waals surface area (Å²) in [6, 6.07) is -0.0750. The minimum Gasteiger partial charge on any atom is -0.468 e. The van der Waals surface area contributed by atoms with E-state index in [4.69, 9.17) is 4.74 Å². The summed E-state index contributed by atoms with van der Waals surface area (Å²) in [5.74, 6) is 2.63. The second kappa shape index (κ2) is 8.74. The van der Waals surface area contributed by atoms with Gasteiger partial charge in [-0.3, -0.25) is 9.59 Å². The first-order valence-corrected chi connectivity index (χ1v) is 14.9. The third-order valence-electron chi connectivity index (χ3n) is 13.2. The normalized spacial score (nSPS) is 47.0. The van der Waals surface area contributed by atoms with Crippen LogP contribution in [0.3, 0.4) is 0 Å². The van der Waals surface area contributed by atoms with E-state index in [2.05, 4.69) is 57.8 Å². The van der Waals surface area contributed by atoms with Crippen molar-refractivity contribution in [2.24, 2.45) is 61.0 Å². The maximum atomic E-state index is 12.9. The third kappa shape index (κ3) is 3.60. The van der Waals surface area contributed by atoms with Crippen LogP contribution in [0, 0.1) is 50.7 Å². The number of fused-ring (bicyclic) bond motifs is 5. The molecule has 0 saturated heterocycles. The molecule has 9 atom stereocenters. The van der Waals surface area contributed by atoms with Gasteiger partial charge in [0.05, 0.1) is 19.7 Å². The highest BCUT2D eigenvalue weighted by Crippen LogP contribution is 2.73. The molecule has 5 nitrogen and oxygen atoms in total. The first kappa shape index (κ1) is 27.1. The number of hydrogen-bond donors (Lipinski definition) is 0. The number of allylic oxidation sites excluding steroid dienone is 2. The highest BCUT2D eigenvalue weighted by Gasteiger charge is 2.65. The monoisotopic (exact) mass is 510 g/mol. The first-order valence-electron chi connectivity index (χ1n) is 14.9. The Labute approximate surface area is 224 Å². The predicted octanol–water partition coefficient (Wildman–Crippen LogP) is 7.59. The zero-order chi connectivity index (χ0) is 27.0. The molecule has 0 aromatic carbocycles. The van der Waals surface area contributed by atoms with Crippen LogP contribution in [-0.2, 0) is 14.3 Å². The molecule has 0 bridgehead atoms. The Bertz CT molecular complexity index is 1030. The van der Waals surface area contributed by atoms with Crippen LogP contribution in [0.25, 0.3) is 0 Å². The number of esters is 1. The van der Waals surface area contributed by atoms with Gasteiger partial charge < -0.3 is 4.74 Å². The molecule has 1 aliphatic heterocycles. The van der Waals surface area contributed by atoms with Crippen molar-refractivity contribution in [1.29, 1.82) is 0 Å². The molecule has 3 saturated carbocycles. The number of Topliss-reactive ketones (excluding diaryl/α,β-unsaturated/α-hetero) is 1. The number of rotatable bonds is 5.